The van der Waals surface area contributed by atoms with Crippen molar-refractivity contribution < 1.29 is 0 Å². The Morgan fingerprint density at radius 1 is 1.33 bits per heavy atom. The number of rotatable bonds is 2. The van der Waals surface area contributed by atoms with Crippen molar-refractivity contribution in [3.05, 3.63) is 39.8 Å². The average molecular weight is 258 g/mol. The van der Waals surface area contributed by atoms with E-state index in [1.807, 2.05) is 22.9 Å². The molecule has 0 saturated heterocycles. The highest BCUT2D eigenvalue weighted by Gasteiger charge is 2.10. The molecule has 5 heteroatoms. The minimum absolute atomic E-state index is 0.545. The van der Waals surface area contributed by atoms with E-state index in [-0.39, 0.29) is 0 Å². The summed E-state index contributed by atoms with van der Waals surface area (Å²) < 4.78 is 2.01. The zero-order valence-electron chi connectivity index (χ0n) is 10.3. The molecule has 2 N–H and O–H groups in total. The van der Waals surface area contributed by atoms with Gasteiger partial charge in [-0.3, -0.25) is 0 Å². The molecule has 0 amide bonds. The van der Waals surface area contributed by atoms with Gasteiger partial charge in [0.05, 0.1) is 17.6 Å². The van der Waals surface area contributed by atoms with Crippen LogP contribution in [0.3, 0.4) is 0 Å². The molecule has 4 nitrogen and oxygen atoms in total. The highest BCUT2D eigenvalue weighted by Crippen LogP contribution is 2.22. The standard InChI is InChI=1S/C13H14N4S/c1-8-3-4-10-11(5-8)17(13(14)16-10)7-12-15-6-9(2)18-12/h3-6H,7H2,1-2H3,(H2,14,16). The fourth-order valence-electron chi connectivity index (χ4n) is 2.03. The van der Waals surface area contributed by atoms with Gasteiger partial charge in [0.15, 0.2) is 0 Å². The number of nitrogens with zero attached hydrogens (tertiary/aromatic N) is 3. The van der Waals surface area contributed by atoms with Crippen LogP contribution in [0.1, 0.15) is 15.4 Å². The van der Waals surface area contributed by atoms with E-state index >= 15 is 0 Å². The van der Waals surface area contributed by atoms with Crippen LogP contribution in [0.2, 0.25) is 0 Å². The molecule has 0 radical (unpaired) electrons. The molecule has 3 aromatic rings. The summed E-state index contributed by atoms with van der Waals surface area (Å²) in [6.07, 6.45) is 1.89. The second-order valence-electron chi connectivity index (χ2n) is 4.41. The van der Waals surface area contributed by atoms with Gasteiger partial charge in [-0.05, 0) is 31.5 Å². The summed E-state index contributed by atoms with van der Waals surface area (Å²) in [6.45, 7) is 4.81. The van der Waals surface area contributed by atoms with Crippen LogP contribution >= 0.6 is 11.3 Å². The van der Waals surface area contributed by atoms with E-state index in [1.165, 1.54) is 10.4 Å². The number of thiazole rings is 1. The van der Waals surface area contributed by atoms with Gasteiger partial charge in [0, 0.05) is 11.1 Å². The molecule has 0 atom stereocenters. The van der Waals surface area contributed by atoms with Gasteiger partial charge in [-0.25, -0.2) is 9.97 Å². The number of hydrogen-bond donors (Lipinski definition) is 1. The largest absolute Gasteiger partial charge is 0.369 e. The Labute approximate surface area is 109 Å². The van der Waals surface area contributed by atoms with Crippen molar-refractivity contribution in [3.8, 4) is 0 Å². The average Bonchev–Trinajstić information content (AvgIpc) is 2.86. The highest BCUT2D eigenvalue weighted by molar-refractivity contribution is 7.11. The Hall–Kier alpha value is -1.88. The Bertz CT molecular complexity index is 711. The first-order chi connectivity index (χ1) is 8.63. The monoisotopic (exact) mass is 258 g/mol. The number of anilines is 1. The van der Waals surface area contributed by atoms with Gasteiger partial charge in [0.2, 0.25) is 5.95 Å². The maximum atomic E-state index is 5.99. The van der Waals surface area contributed by atoms with Crippen molar-refractivity contribution in [1.29, 1.82) is 0 Å². The summed E-state index contributed by atoms with van der Waals surface area (Å²) in [5.74, 6) is 0.545. The summed E-state index contributed by atoms with van der Waals surface area (Å²) in [5.41, 5.74) is 9.20. The molecule has 0 aliphatic carbocycles. The highest BCUT2D eigenvalue weighted by atomic mass is 32.1. The van der Waals surface area contributed by atoms with Gasteiger partial charge in [-0.15, -0.1) is 11.3 Å². The molecule has 0 aliphatic rings. The quantitative estimate of drug-likeness (QED) is 0.769. The van der Waals surface area contributed by atoms with Crippen molar-refractivity contribution in [2.24, 2.45) is 0 Å². The van der Waals surface area contributed by atoms with E-state index in [0.717, 1.165) is 16.0 Å². The molecule has 0 unspecified atom stereocenters. The third kappa shape index (κ3) is 1.86. The lowest BCUT2D eigenvalue weighted by Crippen LogP contribution is -2.04. The lowest BCUT2D eigenvalue weighted by molar-refractivity contribution is 0.829. The topological polar surface area (TPSA) is 56.7 Å². The van der Waals surface area contributed by atoms with Crippen LogP contribution in [0.25, 0.3) is 11.0 Å². The molecule has 0 fully saturated rings. The molecular weight excluding hydrogens is 244 g/mol. The minimum Gasteiger partial charge on any atom is -0.369 e. The molecule has 0 spiro atoms. The van der Waals surface area contributed by atoms with E-state index in [9.17, 15) is 0 Å². The molecule has 3 rings (SSSR count). The predicted octanol–water partition coefficient (Wildman–Crippen LogP) is 2.74. The molecule has 0 saturated carbocycles. The number of aryl methyl sites for hydroxylation is 2. The lowest BCUT2D eigenvalue weighted by Gasteiger charge is -2.04. The molecule has 0 bridgehead atoms. The van der Waals surface area contributed by atoms with Crippen molar-refractivity contribution in [3.63, 3.8) is 0 Å². The Kier molecular flexibility index (Phi) is 2.56. The third-order valence-electron chi connectivity index (χ3n) is 2.90. The van der Waals surface area contributed by atoms with E-state index in [2.05, 4.69) is 29.9 Å². The van der Waals surface area contributed by atoms with Gasteiger partial charge < -0.3 is 10.3 Å². The molecule has 2 aromatic heterocycles. The van der Waals surface area contributed by atoms with Gasteiger partial charge in [0.25, 0.3) is 0 Å². The van der Waals surface area contributed by atoms with Crippen LogP contribution in [0.5, 0.6) is 0 Å². The summed E-state index contributed by atoms with van der Waals surface area (Å²) in [6, 6.07) is 6.16. The van der Waals surface area contributed by atoms with E-state index in [1.54, 1.807) is 11.3 Å². The summed E-state index contributed by atoms with van der Waals surface area (Å²) >= 11 is 1.69. The number of benzene rings is 1. The zero-order chi connectivity index (χ0) is 12.7. The van der Waals surface area contributed by atoms with Gasteiger partial charge >= 0.3 is 0 Å². The molecular formula is C13H14N4S. The minimum atomic E-state index is 0.545. The van der Waals surface area contributed by atoms with Crippen molar-refractivity contribution in [1.82, 2.24) is 14.5 Å². The fourth-order valence-corrected chi connectivity index (χ4v) is 2.80. The van der Waals surface area contributed by atoms with Crippen LogP contribution < -0.4 is 5.73 Å². The molecule has 18 heavy (non-hydrogen) atoms. The normalized spacial score (nSPS) is 11.2. The van der Waals surface area contributed by atoms with Gasteiger partial charge in [-0.1, -0.05) is 6.07 Å². The number of hydrogen-bond acceptors (Lipinski definition) is 4. The Balaban J connectivity index is 2.10. The molecule has 0 aliphatic heterocycles. The smallest absolute Gasteiger partial charge is 0.201 e. The number of nitrogens with two attached hydrogens (primary N) is 1. The second-order valence-corrected chi connectivity index (χ2v) is 5.73. The first-order valence-electron chi connectivity index (χ1n) is 5.77. The molecule has 2 heterocycles. The summed E-state index contributed by atoms with van der Waals surface area (Å²) in [4.78, 5) is 9.96. The SMILES string of the molecule is Cc1ccc2nc(N)n(Cc3ncc(C)s3)c2c1. The van der Waals surface area contributed by atoms with E-state index < -0.39 is 0 Å². The fraction of sp³-hybridized carbons (Fsp3) is 0.231. The van der Waals surface area contributed by atoms with Crippen molar-refractivity contribution in [2.45, 2.75) is 20.4 Å². The molecule has 1 aromatic carbocycles. The van der Waals surface area contributed by atoms with Crippen LogP contribution in [-0.2, 0) is 6.54 Å². The van der Waals surface area contributed by atoms with Crippen LogP contribution in [0.15, 0.2) is 24.4 Å². The van der Waals surface area contributed by atoms with Gasteiger partial charge in [0.1, 0.15) is 5.01 Å². The second kappa shape index (κ2) is 4.10. The maximum Gasteiger partial charge on any atom is 0.201 e. The van der Waals surface area contributed by atoms with Crippen LogP contribution in [0, 0.1) is 13.8 Å². The van der Waals surface area contributed by atoms with Gasteiger partial charge in [-0.2, -0.15) is 0 Å². The maximum absolute atomic E-state index is 5.99. The summed E-state index contributed by atoms with van der Waals surface area (Å²) in [7, 11) is 0. The Morgan fingerprint density at radius 2 is 2.17 bits per heavy atom. The van der Waals surface area contributed by atoms with Crippen LogP contribution in [0.4, 0.5) is 5.95 Å². The predicted molar refractivity (Wildman–Crippen MR) is 74.8 cm³/mol. The number of nitrogen functional groups attached to an aromatic ring is 1. The number of imidazole rings is 1. The number of aromatic nitrogens is 3. The first-order valence-corrected chi connectivity index (χ1v) is 6.59. The van der Waals surface area contributed by atoms with Crippen molar-refractivity contribution in [2.75, 3.05) is 5.73 Å². The third-order valence-corrected chi connectivity index (χ3v) is 3.79. The summed E-state index contributed by atoms with van der Waals surface area (Å²) in [5, 5.41) is 1.06. The zero-order valence-corrected chi connectivity index (χ0v) is 11.2. The lowest BCUT2D eigenvalue weighted by atomic mass is 10.2. The Morgan fingerprint density at radius 3 is 2.89 bits per heavy atom. The first kappa shape index (κ1) is 11.2. The number of fused-ring (bicyclic) bond motifs is 1. The van der Waals surface area contributed by atoms with Crippen molar-refractivity contribution >= 4 is 28.3 Å². The van der Waals surface area contributed by atoms with E-state index in [0.29, 0.717) is 12.5 Å². The van der Waals surface area contributed by atoms with E-state index in [4.69, 9.17) is 5.73 Å². The molecule has 92 valence electrons. The van der Waals surface area contributed by atoms with Crippen LogP contribution in [-0.4, -0.2) is 14.5 Å².